The minimum atomic E-state index is -0.676. The van der Waals surface area contributed by atoms with E-state index in [1.807, 2.05) is 36.4 Å². The number of methoxy groups -OCH3 is 1. The number of non-ortho nitro benzene ring substituents is 1. The minimum Gasteiger partial charge on any atom is -0.496 e. The Kier molecular flexibility index (Phi) is 5.40. The number of para-hydroxylation sites is 2. The Hall–Kier alpha value is -4.07. The van der Waals surface area contributed by atoms with Gasteiger partial charge < -0.3 is 4.74 Å². The quantitative estimate of drug-likeness (QED) is 0.344. The summed E-state index contributed by atoms with van der Waals surface area (Å²) < 4.78 is 5.40. The molecule has 0 atom stereocenters. The molecule has 28 heavy (non-hydrogen) atoms. The van der Waals surface area contributed by atoms with Gasteiger partial charge in [-0.15, -0.1) is 0 Å². The van der Waals surface area contributed by atoms with Crippen LogP contribution in [-0.2, 0) is 0 Å². The summed E-state index contributed by atoms with van der Waals surface area (Å²) in [5.41, 5.74) is 1.65. The van der Waals surface area contributed by atoms with Crippen molar-refractivity contribution in [3.63, 3.8) is 0 Å². The summed E-state index contributed by atoms with van der Waals surface area (Å²) in [6.07, 6.45) is 1.33. The molecule has 0 bridgehead atoms. The van der Waals surface area contributed by atoms with E-state index >= 15 is 0 Å². The molecule has 0 aromatic heterocycles. The maximum absolute atomic E-state index is 11.3. The lowest BCUT2D eigenvalue weighted by atomic mass is 10.0. The Morgan fingerprint density at radius 3 is 2.25 bits per heavy atom. The van der Waals surface area contributed by atoms with Crippen LogP contribution in [0.2, 0.25) is 0 Å². The third kappa shape index (κ3) is 3.85. The fourth-order valence-corrected chi connectivity index (χ4v) is 2.73. The lowest BCUT2D eigenvalue weighted by molar-refractivity contribution is -0.394. The summed E-state index contributed by atoms with van der Waals surface area (Å²) in [4.78, 5) is 25.2. The summed E-state index contributed by atoms with van der Waals surface area (Å²) >= 11 is 0. The number of aliphatic imine (C=N–C) groups is 1. The lowest BCUT2D eigenvalue weighted by Gasteiger charge is -2.10. The van der Waals surface area contributed by atoms with Crippen molar-refractivity contribution in [2.24, 2.45) is 4.99 Å². The molecule has 0 fully saturated rings. The Labute approximate surface area is 160 Å². The molecular formula is C20H15N3O5. The van der Waals surface area contributed by atoms with Crippen molar-refractivity contribution in [2.45, 2.75) is 0 Å². The lowest BCUT2D eigenvalue weighted by Crippen LogP contribution is -1.97. The van der Waals surface area contributed by atoms with Gasteiger partial charge in [0.15, 0.2) is 0 Å². The van der Waals surface area contributed by atoms with Crippen molar-refractivity contribution >= 4 is 23.3 Å². The van der Waals surface area contributed by atoms with Gasteiger partial charge in [-0.25, -0.2) is 0 Å². The molecule has 3 rings (SSSR count). The Morgan fingerprint density at radius 2 is 1.57 bits per heavy atom. The molecular weight excluding hydrogens is 362 g/mol. The van der Waals surface area contributed by atoms with E-state index in [-0.39, 0.29) is 16.9 Å². The smallest absolute Gasteiger partial charge is 0.285 e. The molecule has 0 amide bonds. The van der Waals surface area contributed by atoms with Gasteiger partial charge >= 0.3 is 0 Å². The first-order valence-electron chi connectivity index (χ1n) is 8.20. The maximum atomic E-state index is 11.3. The maximum Gasteiger partial charge on any atom is 0.285 e. The first kappa shape index (κ1) is 18.7. The van der Waals surface area contributed by atoms with Crippen molar-refractivity contribution in [1.82, 2.24) is 0 Å². The largest absolute Gasteiger partial charge is 0.496 e. The predicted octanol–water partition coefficient (Wildman–Crippen LogP) is 4.93. The number of nitrogens with zero attached hydrogens (tertiary/aromatic N) is 3. The molecule has 8 nitrogen and oxygen atoms in total. The van der Waals surface area contributed by atoms with Gasteiger partial charge in [0.05, 0.1) is 34.3 Å². The van der Waals surface area contributed by atoms with Gasteiger partial charge in [-0.1, -0.05) is 36.4 Å². The highest BCUT2D eigenvalue weighted by Crippen LogP contribution is 2.36. The van der Waals surface area contributed by atoms with Crippen LogP contribution in [0, 0.1) is 20.2 Å². The summed E-state index contributed by atoms with van der Waals surface area (Å²) in [5, 5.41) is 22.2. The second-order valence-electron chi connectivity index (χ2n) is 5.73. The first-order valence-corrected chi connectivity index (χ1v) is 8.20. The molecule has 3 aromatic carbocycles. The molecule has 140 valence electrons. The van der Waals surface area contributed by atoms with Gasteiger partial charge in [-0.3, -0.25) is 25.2 Å². The number of hydrogen-bond donors (Lipinski definition) is 0. The van der Waals surface area contributed by atoms with E-state index in [0.29, 0.717) is 11.4 Å². The normalized spacial score (nSPS) is 10.8. The number of hydrogen-bond acceptors (Lipinski definition) is 6. The molecule has 0 spiro atoms. The first-order chi connectivity index (χ1) is 13.5. The number of rotatable bonds is 6. The van der Waals surface area contributed by atoms with Crippen LogP contribution >= 0.6 is 0 Å². The third-order valence-electron chi connectivity index (χ3n) is 4.07. The monoisotopic (exact) mass is 377 g/mol. The summed E-state index contributed by atoms with van der Waals surface area (Å²) in [7, 11) is 1.57. The van der Waals surface area contributed by atoms with Crippen LogP contribution in [0.1, 0.15) is 5.56 Å². The van der Waals surface area contributed by atoms with E-state index in [1.165, 1.54) is 18.3 Å². The minimum absolute atomic E-state index is 0.172. The second kappa shape index (κ2) is 8.09. The molecule has 0 aliphatic carbocycles. The molecule has 0 saturated carbocycles. The fourth-order valence-electron chi connectivity index (χ4n) is 2.73. The molecule has 0 heterocycles. The molecule has 0 aliphatic heterocycles. The Balaban J connectivity index is 2.05. The molecule has 0 radical (unpaired) electrons. The molecule has 8 heteroatoms. The van der Waals surface area contributed by atoms with Crippen LogP contribution in [0.25, 0.3) is 11.1 Å². The Morgan fingerprint density at radius 1 is 0.893 bits per heavy atom. The van der Waals surface area contributed by atoms with E-state index in [4.69, 9.17) is 4.74 Å². The molecule has 0 N–H and O–H groups in total. The predicted molar refractivity (Wildman–Crippen MR) is 105 cm³/mol. The average Bonchev–Trinajstić information content (AvgIpc) is 2.72. The van der Waals surface area contributed by atoms with Gasteiger partial charge in [0.2, 0.25) is 0 Å². The molecule has 0 saturated heterocycles. The van der Waals surface area contributed by atoms with Crippen molar-refractivity contribution in [3.8, 4) is 16.9 Å². The topological polar surface area (TPSA) is 108 Å². The fraction of sp³-hybridized carbons (Fsp3) is 0.0500. The summed E-state index contributed by atoms with van der Waals surface area (Å²) in [5.74, 6) is 0.673. The zero-order valence-corrected chi connectivity index (χ0v) is 14.8. The highest BCUT2D eigenvalue weighted by Gasteiger charge is 2.18. The van der Waals surface area contributed by atoms with Gasteiger partial charge in [0.1, 0.15) is 5.75 Å². The third-order valence-corrected chi connectivity index (χ3v) is 4.07. The zero-order valence-electron chi connectivity index (χ0n) is 14.8. The van der Waals surface area contributed by atoms with Crippen LogP contribution in [0.4, 0.5) is 17.1 Å². The second-order valence-corrected chi connectivity index (χ2v) is 5.73. The van der Waals surface area contributed by atoms with Crippen molar-refractivity contribution < 1.29 is 14.6 Å². The number of benzene rings is 3. The standard InChI is InChI=1S/C20H15N3O5/c1-28-20-9-5-3-7-17(20)16-6-2-4-8-18(16)21-13-14-10-11-15(22(24)25)12-19(14)23(26)27/h2-13H,1H3. The number of nitro groups is 2. The van der Waals surface area contributed by atoms with Crippen LogP contribution in [0.15, 0.2) is 71.7 Å². The molecule has 3 aromatic rings. The van der Waals surface area contributed by atoms with Crippen LogP contribution in [0.3, 0.4) is 0 Å². The van der Waals surface area contributed by atoms with Gasteiger partial charge in [0, 0.05) is 23.4 Å². The highest BCUT2D eigenvalue weighted by atomic mass is 16.6. The zero-order chi connectivity index (χ0) is 20.1. The van der Waals surface area contributed by atoms with Crippen molar-refractivity contribution in [3.05, 3.63) is 92.5 Å². The summed E-state index contributed by atoms with van der Waals surface area (Å²) in [6.45, 7) is 0. The van der Waals surface area contributed by atoms with Gasteiger partial charge in [-0.05, 0) is 18.2 Å². The molecule has 0 aliphatic rings. The van der Waals surface area contributed by atoms with E-state index in [2.05, 4.69) is 4.99 Å². The van der Waals surface area contributed by atoms with Crippen LogP contribution in [0.5, 0.6) is 5.75 Å². The SMILES string of the molecule is COc1ccccc1-c1ccccc1N=Cc1ccc([N+](=O)[O-])cc1[N+](=O)[O-]. The Bertz CT molecular complexity index is 1080. The van der Waals surface area contributed by atoms with Crippen LogP contribution < -0.4 is 4.74 Å². The van der Waals surface area contributed by atoms with E-state index < -0.39 is 9.85 Å². The number of nitro benzene ring substituents is 2. The van der Waals surface area contributed by atoms with Gasteiger partial charge in [0.25, 0.3) is 11.4 Å². The number of ether oxygens (including phenoxy) is 1. The van der Waals surface area contributed by atoms with Crippen molar-refractivity contribution in [2.75, 3.05) is 7.11 Å². The molecule has 0 unspecified atom stereocenters. The highest BCUT2D eigenvalue weighted by molar-refractivity contribution is 5.90. The average molecular weight is 377 g/mol. The van der Waals surface area contributed by atoms with E-state index in [9.17, 15) is 20.2 Å². The summed E-state index contributed by atoms with van der Waals surface area (Å²) in [6, 6.07) is 18.2. The van der Waals surface area contributed by atoms with Gasteiger partial charge in [-0.2, -0.15) is 0 Å². The van der Waals surface area contributed by atoms with E-state index in [1.54, 1.807) is 19.2 Å². The van der Waals surface area contributed by atoms with Crippen molar-refractivity contribution in [1.29, 1.82) is 0 Å². The van der Waals surface area contributed by atoms with Crippen LogP contribution in [-0.4, -0.2) is 23.2 Å². The van der Waals surface area contributed by atoms with E-state index in [0.717, 1.165) is 17.2 Å².